The molecular formula is C14H22BrNO. The summed E-state index contributed by atoms with van der Waals surface area (Å²) in [6.45, 7) is 7.55. The van der Waals surface area contributed by atoms with Gasteiger partial charge in [-0.3, -0.25) is 0 Å². The zero-order valence-corrected chi connectivity index (χ0v) is 12.7. The van der Waals surface area contributed by atoms with Crippen molar-refractivity contribution in [3.8, 4) is 0 Å². The first-order valence-corrected chi connectivity index (χ1v) is 6.83. The van der Waals surface area contributed by atoms with Gasteiger partial charge in [0.05, 0.1) is 0 Å². The van der Waals surface area contributed by atoms with Gasteiger partial charge in [0.1, 0.15) is 0 Å². The van der Waals surface area contributed by atoms with Gasteiger partial charge in [-0.2, -0.15) is 0 Å². The van der Waals surface area contributed by atoms with Gasteiger partial charge in [-0.05, 0) is 30.5 Å². The molecule has 0 amide bonds. The third-order valence-corrected chi connectivity index (χ3v) is 3.76. The predicted octanol–water partition coefficient (Wildman–Crippen LogP) is 3.46. The van der Waals surface area contributed by atoms with Gasteiger partial charge in [0.2, 0.25) is 0 Å². The molecule has 0 aromatic heterocycles. The minimum Gasteiger partial charge on any atom is -0.396 e. The SMILES string of the molecule is Cc1ccc(Br)cc1N(C)CC(CO)C(C)C. The van der Waals surface area contributed by atoms with E-state index in [9.17, 15) is 5.11 Å². The second kappa shape index (κ2) is 6.41. The van der Waals surface area contributed by atoms with Gasteiger partial charge >= 0.3 is 0 Å². The van der Waals surface area contributed by atoms with Crippen LogP contribution in [0.4, 0.5) is 5.69 Å². The third-order valence-electron chi connectivity index (χ3n) is 3.27. The predicted molar refractivity (Wildman–Crippen MR) is 77.6 cm³/mol. The van der Waals surface area contributed by atoms with Gasteiger partial charge in [-0.25, -0.2) is 0 Å². The van der Waals surface area contributed by atoms with Gasteiger partial charge < -0.3 is 10.0 Å². The molecule has 1 unspecified atom stereocenters. The highest BCUT2D eigenvalue weighted by atomic mass is 79.9. The lowest BCUT2D eigenvalue weighted by Crippen LogP contribution is -2.31. The van der Waals surface area contributed by atoms with Gasteiger partial charge in [-0.15, -0.1) is 0 Å². The lowest BCUT2D eigenvalue weighted by Gasteiger charge is -2.28. The summed E-state index contributed by atoms with van der Waals surface area (Å²) in [5.41, 5.74) is 2.48. The van der Waals surface area contributed by atoms with Crippen LogP contribution < -0.4 is 4.90 Å². The average molecular weight is 300 g/mol. The topological polar surface area (TPSA) is 23.5 Å². The minimum atomic E-state index is 0.245. The van der Waals surface area contributed by atoms with E-state index in [-0.39, 0.29) is 6.61 Å². The van der Waals surface area contributed by atoms with Crippen molar-refractivity contribution in [1.82, 2.24) is 0 Å². The first-order valence-electron chi connectivity index (χ1n) is 6.03. The van der Waals surface area contributed by atoms with Gasteiger partial charge in [0, 0.05) is 36.3 Å². The normalized spacial score (nSPS) is 12.9. The van der Waals surface area contributed by atoms with Crippen LogP contribution >= 0.6 is 15.9 Å². The molecule has 0 saturated heterocycles. The molecule has 1 aromatic rings. The number of aliphatic hydroxyl groups excluding tert-OH is 1. The highest BCUT2D eigenvalue weighted by molar-refractivity contribution is 9.10. The molecule has 0 saturated carbocycles. The summed E-state index contributed by atoms with van der Waals surface area (Å²) >= 11 is 3.50. The van der Waals surface area contributed by atoms with Crippen molar-refractivity contribution < 1.29 is 5.11 Å². The molecule has 1 N–H and O–H groups in total. The molecule has 17 heavy (non-hydrogen) atoms. The fraction of sp³-hybridized carbons (Fsp3) is 0.571. The number of aryl methyl sites for hydroxylation is 1. The number of benzene rings is 1. The molecule has 1 rings (SSSR count). The monoisotopic (exact) mass is 299 g/mol. The molecule has 1 atom stereocenters. The Balaban J connectivity index is 2.81. The van der Waals surface area contributed by atoms with E-state index in [0.29, 0.717) is 11.8 Å². The first-order chi connectivity index (χ1) is 7.95. The van der Waals surface area contributed by atoms with Crippen LogP contribution in [-0.4, -0.2) is 25.3 Å². The van der Waals surface area contributed by atoms with Crippen LogP contribution in [-0.2, 0) is 0 Å². The average Bonchev–Trinajstić information content (AvgIpc) is 2.28. The van der Waals surface area contributed by atoms with Crippen LogP contribution in [0.1, 0.15) is 19.4 Å². The highest BCUT2D eigenvalue weighted by Crippen LogP contribution is 2.25. The van der Waals surface area contributed by atoms with Crippen LogP contribution in [0.5, 0.6) is 0 Å². The van der Waals surface area contributed by atoms with Crippen LogP contribution in [0.25, 0.3) is 0 Å². The van der Waals surface area contributed by atoms with E-state index < -0.39 is 0 Å². The van der Waals surface area contributed by atoms with E-state index in [0.717, 1.165) is 11.0 Å². The molecule has 0 aliphatic carbocycles. The quantitative estimate of drug-likeness (QED) is 0.900. The van der Waals surface area contributed by atoms with Gasteiger partial charge in [0.15, 0.2) is 0 Å². The Morgan fingerprint density at radius 3 is 2.53 bits per heavy atom. The number of anilines is 1. The van der Waals surface area contributed by atoms with Crippen molar-refractivity contribution in [2.75, 3.05) is 25.1 Å². The summed E-state index contributed by atoms with van der Waals surface area (Å²) in [6.07, 6.45) is 0. The second-order valence-electron chi connectivity index (χ2n) is 5.00. The molecule has 0 spiro atoms. The van der Waals surface area contributed by atoms with Crippen molar-refractivity contribution in [3.63, 3.8) is 0 Å². The third kappa shape index (κ3) is 4.00. The molecule has 0 aliphatic rings. The number of rotatable bonds is 5. The molecule has 0 aliphatic heterocycles. The lowest BCUT2D eigenvalue weighted by atomic mass is 9.96. The molecule has 0 radical (unpaired) electrons. The molecular weight excluding hydrogens is 278 g/mol. The summed E-state index contributed by atoms with van der Waals surface area (Å²) < 4.78 is 1.09. The number of nitrogens with zero attached hydrogens (tertiary/aromatic N) is 1. The maximum absolute atomic E-state index is 9.38. The lowest BCUT2D eigenvalue weighted by molar-refractivity contribution is 0.193. The zero-order valence-electron chi connectivity index (χ0n) is 11.1. The van der Waals surface area contributed by atoms with E-state index in [4.69, 9.17) is 0 Å². The van der Waals surface area contributed by atoms with E-state index in [1.807, 2.05) is 0 Å². The molecule has 3 heteroatoms. The fourth-order valence-corrected chi connectivity index (χ4v) is 2.27. The molecule has 2 nitrogen and oxygen atoms in total. The summed E-state index contributed by atoms with van der Waals surface area (Å²) in [6, 6.07) is 6.29. The fourth-order valence-electron chi connectivity index (χ4n) is 1.92. The Morgan fingerprint density at radius 2 is 2.00 bits per heavy atom. The smallest absolute Gasteiger partial charge is 0.0478 e. The van der Waals surface area contributed by atoms with E-state index in [2.05, 4.69) is 66.8 Å². The standard InChI is InChI=1S/C14H22BrNO/c1-10(2)12(9-17)8-16(4)14-7-13(15)6-5-11(14)3/h5-7,10,12,17H,8-9H2,1-4H3. The number of hydrogen-bond acceptors (Lipinski definition) is 2. The minimum absolute atomic E-state index is 0.245. The Bertz CT molecular complexity index is 365. The maximum Gasteiger partial charge on any atom is 0.0478 e. The van der Waals surface area contributed by atoms with Crippen molar-refractivity contribution in [1.29, 1.82) is 0 Å². The van der Waals surface area contributed by atoms with Crippen molar-refractivity contribution >= 4 is 21.6 Å². The Morgan fingerprint density at radius 1 is 1.35 bits per heavy atom. The largest absolute Gasteiger partial charge is 0.396 e. The highest BCUT2D eigenvalue weighted by Gasteiger charge is 2.16. The maximum atomic E-state index is 9.38. The molecule has 0 heterocycles. The van der Waals surface area contributed by atoms with E-state index in [1.54, 1.807) is 0 Å². The second-order valence-corrected chi connectivity index (χ2v) is 5.91. The van der Waals surface area contributed by atoms with E-state index in [1.165, 1.54) is 11.3 Å². The number of aliphatic hydroxyl groups is 1. The summed E-state index contributed by atoms with van der Waals surface area (Å²) in [5.74, 6) is 0.813. The molecule has 1 aromatic carbocycles. The van der Waals surface area contributed by atoms with Gasteiger partial charge in [-0.1, -0.05) is 35.8 Å². The van der Waals surface area contributed by atoms with Crippen LogP contribution in [0.2, 0.25) is 0 Å². The number of hydrogen-bond donors (Lipinski definition) is 1. The molecule has 0 fully saturated rings. The van der Waals surface area contributed by atoms with Crippen LogP contribution in [0.15, 0.2) is 22.7 Å². The Kier molecular flexibility index (Phi) is 5.47. The molecule has 96 valence electrons. The van der Waals surface area contributed by atoms with Crippen LogP contribution in [0, 0.1) is 18.8 Å². The summed E-state index contributed by atoms with van der Waals surface area (Å²) in [5, 5.41) is 9.38. The van der Waals surface area contributed by atoms with Crippen LogP contribution in [0.3, 0.4) is 0 Å². The summed E-state index contributed by atoms with van der Waals surface area (Å²) in [4.78, 5) is 2.22. The molecule has 0 bridgehead atoms. The zero-order chi connectivity index (χ0) is 13.0. The Hall–Kier alpha value is -0.540. The Labute approximate surface area is 113 Å². The van der Waals surface area contributed by atoms with Gasteiger partial charge in [0.25, 0.3) is 0 Å². The van der Waals surface area contributed by atoms with Crippen molar-refractivity contribution in [2.45, 2.75) is 20.8 Å². The number of halogens is 1. The van der Waals surface area contributed by atoms with E-state index >= 15 is 0 Å². The first kappa shape index (κ1) is 14.5. The summed E-state index contributed by atoms with van der Waals surface area (Å²) in [7, 11) is 2.08. The van der Waals surface area contributed by atoms with Crippen molar-refractivity contribution in [2.24, 2.45) is 11.8 Å². The van der Waals surface area contributed by atoms with Crippen molar-refractivity contribution in [3.05, 3.63) is 28.2 Å².